The van der Waals surface area contributed by atoms with Crippen molar-refractivity contribution in [3.05, 3.63) is 0 Å². The predicted octanol–water partition coefficient (Wildman–Crippen LogP) is 11.6. The van der Waals surface area contributed by atoms with Gasteiger partial charge in [-0.3, -0.25) is 9.59 Å². The first-order valence-corrected chi connectivity index (χ1v) is 18.3. The third-order valence-corrected chi connectivity index (χ3v) is 8.32. The van der Waals surface area contributed by atoms with Crippen LogP contribution in [-0.2, 0) is 19.4 Å². The molecule has 0 atom stereocenters. The van der Waals surface area contributed by atoms with Crippen LogP contribution in [0.5, 0.6) is 0 Å². The van der Waals surface area contributed by atoms with Gasteiger partial charge in [0, 0.05) is 12.8 Å². The van der Waals surface area contributed by atoms with Crippen molar-refractivity contribution in [2.75, 3.05) is 13.2 Å². The summed E-state index contributed by atoms with van der Waals surface area (Å²) >= 11 is 0. The quantitative estimate of drug-likeness (QED) is 0.0420. The van der Waals surface area contributed by atoms with Crippen LogP contribution in [0, 0.1) is 0 Å². The highest BCUT2D eigenvalue weighted by molar-refractivity contribution is 5.66. The molecule has 0 saturated carbocycles. The molecule has 0 unspecified atom stereocenters. The Morgan fingerprint density at radius 3 is 0.643 bits per heavy atom. The lowest BCUT2D eigenvalue weighted by molar-refractivity contribution is -0.295. The van der Waals surface area contributed by atoms with Gasteiger partial charge in [-0.15, -0.1) is 0 Å². The fraction of sp³-hybridized carbons (Fsp3) is 0.944. The van der Waals surface area contributed by atoms with Crippen molar-refractivity contribution < 1.29 is 29.6 Å². The maximum absolute atomic E-state index is 10.5. The zero-order valence-corrected chi connectivity index (χ0v) is 27.6. The van der Waals surface area contributed by atoms with Gasteiger partial charge in [-0.05, 0) is 25.7 Å². The molecule has 0 aliphatic carbocycles. The Kier molecular flexibility index (Phi) is 35.1. The Morgan fingerprint density at radius 1 is 0.286 bits per heavy atom. The molecular weight excluding hydrogens is 528 g/mol. The number of hydrogen-bond acceptors (Lipinski definition) is 4. The smallest absolute Gasteiger partial charge is 0.303 e. The van der Waals surface area contributed by atoms with Gasteiger partial charge in [-0.1, -0.05) is 167 Å². The lowest BCUT2D eigenvalue weighted by atomic mass is 10.0. The van der Waals surface area contributed by atoms with Gasteiger partial charge in [0.1, 0.15) is 0 Å². The average molecular weight is 599 g/mol. The van der Waals surface area contributed by atoms with Crippen molar-refractivity contribution >= 4 is 11.9 Å². The van der Waals surface area contributed by atoms with Gasteiger partial charge in [0.05, 0.1) is 13.2 Å². The van der Waals surface area contributed by atoms with Crippen LogP contribution in [0.3, 0.4) is 0 Å². The predicted molar refractivity (Wildman–Crippen MR) is 175 cm³/mol. The molecule has 0 aromatic carbocycles. The highest BCUT2D eigenvalue weighted by Crippen LogP contribution is 2.15. The third-order valence-electron chi connectivity index (χ3n) is 8.32. The van der Waals surface area contributed by atoms with Crippen molar-refractivity contribution in [2.24, 2.45) is 0 Å². The Bertz CT molecular complexity index is 505. The molecule has 6 nitrogen and oxygen atoms in total. The molecule has 0 spiro atoms. The molecule has 0 aromatic heterocycles. The van der Waals surface area contributed by atoms with Gasteiger partial charge < -0.3 is 10.2 Å². The molecule has 0 amide bonds. The number of carboxylic acids is 2. The van der Waals surface area contributed by atoms with Crippen LogP contribution in [0.15, 0.2) is 0 Å². The van der Waals surface area contributed by atoms with E-state index in [4.69, 9.17) is 20.0 Å². The zero-order chi connectivity index (χ0) is 30.6. The summed E-state index contributed by atoms with van der Waals surface area (Å²) in [4.78, 5) is 31.6. The van der Waals surface area contributed by atoms with E-state index in [1.807, 2.05) is 0 Å². The van der Waals surface area contributed by atoms with Crippen molar-refractivity contribution in [3.8, 4) is 0 Å². The van der Waals surface area contributed by atoms with Gasteiger partial charge in [0.25, 0.3) is 0 Å². The second-order valence-corrected chi connectivity index (χ2v) is 12.5. The van der Waals surface area contributed by atoms with E-state index in [1.54, 1.807) is 0 Å². The summed E-state index contributed by atoms with van der Waals surface area (Å²) in [5.74, 6) is -1.33. The monoisotopic (exact) mass is 599 g/mol. The van der Waals surface area contributed by atoms with Crippen molar-refractivity contribution in [1.82, 2.24) is 0 Å². The van der Waals surface area contributed by atoms with Crippen LogP contribution in [0.4, 0.5) is 0 Å². The molecule has 0 rings (SSSR count). The minimum atomic E-state index is -0.664. The van der Waals surface area contributed by atoms with E-state index in [-0.39, 0.29) is 0 Å². The standard InChI is InChI=1S/C36H70O6/c37-35(38)31-27-23-19-15-11-7-3-1-5-9-13-17-21-25-29-33-41-42-34-30-26-22-18-14-10-6-2-4-8-12-16-20-24-28-32-36(39)40/h1-34H2,(H,37,38)(H,39,40). The normalized spacial score (nSPS) is 11.3. The number of carbonyl (C=O) groups is 2. The highest BCUT2D eigenvalue weighted by Gasteiger charge is 1.99. The molecule has 0 fully saturated rings. The third kappa shape index (κ3) is 38.9. The van der Waals surface area contributed by atoms with Gasteiger partial charge in [-0.25, -0.2) is 9.78 Å². The summed E-state index contributed by atoms with van der Waals surface area (Å²) in [5.41, 5.74) is 0. The van der Waals surface area contributed by atoms with Gasteiger partial charge in [0.15, 0.2) is 0 Å². The molecule has 250 valence electrons. The second-order valence-electron chi connectivity index (χ2n) is 12.5. The summed E-state index contributed by atoms with van der Waals surface area (Å²) in [6, 6.07) is 0. The van der Waals surface area contributed by atoms with E-state index >= 15 is 0 Å². The first-order chi connectivity index (χ1) is 20.6. The Morgan fingerprint density at radius 2 is 0.452 bits per heavy atom. The van der Waals surface area contributed by atoms with Crippen LogP contribution in [0.2, 0.25) is 0 Å². The largest absolute Gasteiger partial charge is 0.481 e. The molecule has 6 heteroatoms. The molecule has 0 aromatic rings. The lowest BCUT2D eigenvalue weighted by Crippen LogP contribution is -1.99. The summed E-state index contributed by atoms with van der Waals surface area (Å²) in [6.45, 7) is 1.46. The Hall–Kier alpha value is -1.14. The first kappa shape index (κ1) is 40.9. The van der Waals surface area contributed by atoms with Gasteiger partial charge >= 0.3 is 11.9 Å². The molecule has 0 heterocycles. The van der Waals surface area contributed by atoms with E-state index < -0.39 is 11.9 Å². The van der Waals surface area contributed by atoms with E-state index in [1.165, 1.54) is 154 Å². The van der Waals surface area contributed by atoms with Crippen LogP contribution in [0.1, 0.15) is 205 Å². The summed E-state index contributed by atoms with van der Waals surface area (Å²) in [7, 11) is 0. The Labute approximate surface area is 260 Å². The molecule has 0 bridgehead atoms. The Balaban J connectivity index is 3.04. The number of carboxylic acid groups (broad SMARTS) is 2. The molecule has 2 N–H and O–H groups in total. The molecule has 0 aliphatic rings. The fourth-order valence-electron chi connectivity index (χ4n) is 5.59. The van der Waals surface area contributed by atoms with Crippen LogP contribution in [-0.4, -0.2) is 35.4 Å². The number of rotatable bonds is 37. The molecule has 0 aliphatic heterocycles. The summed E-state index contributed by atoms with van der Waals surface area (Å²) in [6.07, 6.45) is 38.3. The van der Waals surface area contributed by atoms with Crippen LogP contribution in [0.25, 0.3) is 0 Å². The maximum Gasteiger partial charge on any atom is 0.303 e. The minimum Gasteiger partial charge on any atom is -0.481 e. The number of hydrogen-bond donors (Lipinski definition) is 2. The van der Waals surface area contributed by atoms with Gasteiger partial charge in [0.2, 0.25) is 0 Å². The SMILES string of the molecule is O=C(O)CCCCCCCCCCCCCCCCCOOCCCCCCCCCCCCCCCCCC(=O)O. The lowest BCUT2D eigenvalue weighted by Gasteiger charge is -2.05. The van der Waals surface area contributed by atoms with E-state index in [2.05, 4.69) is 0 Å². The molecule has 0 saturated heterocycles. The van der Waals surface area contributed by atoms with Crippen LogP contribution < -0.4 is 0 Å². The average Bonchev–Trinajstić information content (AvgIpc) is 2.96. The van der Waals surface area contributed by atoms with Crippen molar-refractivity contribution in [3.63, 3.8) is 0 Å². The van der Waals surface area contributed by atoms with E-state index in [0.717, 1.165) is 51.7 Å². The molecule has 42 heavy (non-hydrogen) atoms. The van der Waals surface area contributed by atoms with E-state index in [9.17, 15) is 9.59 Å². The van der Waals surface area contributed by atoms with Crippen LogP contribution >= 0.6 is 0 Å². The molecular formula is C36H70O6. The minimum absolute atomic E-state index is 0.328. The first-order valence-electron chi connectivity index (χ1n) is 18.3. The fourth-order valence-corrected chi connectivity index (χ4v) is 5.59. The summed E-state index contributed by atoms with van der Waals surface area (Å²) < 4.78 is 0. The molecule has 0 radical (unpaired) electrons. The maximum atomic E-state index is 10.5. The van der Waals surface area contributed by atoms with Crippen molar-refractivity contribution in [2.45, 2.75) is 205 Å². The zero-order valence-electron chi connectivity index (χ0n) is 27.6. The van der Waals surface area contributed by atoms with E-state index in [0.29, 0.717) is 12.8 Å². The van der Waals surface area contributed by atoms with Gasteiger partial charge in [-0.2, -0.15) is 0 Å². The number of aliphatic carboxylic acids is 2. The second kappa shape index (κ2) is 36.1. The topological polar surface area (TPSA) is 93.1 Å². The number of unbranched alkanes of at least 4 members (excludes halogenated alkanes) is 28. The summed E-state index contributed by atoms with van der Waals surface area (Å²) in [5, 5.41) is 17.3. The highest BCUT2D eigenvalue weighted by atomic mass is 17.2. The van der Waals surface area contributed by atoms with Crippen molar-refractivity contribution in [1.29, 1.82) is 0 Å².